The summed E-state index contributed by atoms with van der Waals surface area (Å²) in [5.74, 6) is 0. The van der Waals surface area contributed by atoms with Crippen LogP contribution in [-0.4, -0.2) is 4.98 Å². The van der Waals surface area contributed by atoms with Crippen LogP contribution in [0.3, 0.4) is 0 Å². The lowest BCUT2D eigenvalue weighted by molar-refractivity contribution is 0.660. The van der Waals surface area contributed by atoms with Crippen molar-refractivity contribution in [3.05, 3.63) is 205 Å². The minimum atomic E-state index is -0.139. The molecule has 2 heterocycles. The van der Waals surface area contributed by atoms with E-state index in [1.165, 1.54) is 33.4 Å². The Balaban J connectivity index is 1.12. The molecule has 0 radical (unpaired) electrons. The summed E-state index contributed by atoms with van der Waals surface area (Å²) in [6.07, 6.45) is 1.99. The molecule has 0 aliphatic heterocycles. The van der Waals surface area contributed by atoms with Crippen molar-refractivity contribution >= 4 is 49.8 Å². The van der Waals surface area contributed by atoms with Crippen molar-refractivity contribution in [2.45, 2.75) is 19.3 Å². The van der Waals surface area contributed by atoms with Crippen molar-refractivity contribution in [1.82, 2.24) is 4.98 Å². The smallest absolute Gasteiger partial charge is 0.138 e. The maximum atomic E-state index is 6.86. The van der Waals surface area contributed by atoms with Crippen LogP contribution in [-0.2, 0) is 5.41 Å². The van der Waals surface area contributed by atoms with E-state index in [4.69, 9.17) is 9.40 Å². The van der Waals surface area contributed by atoms with E-state index < -0.39 is 0 Å². The van der Waals surface area contributed by atoms with Gasteiger partial charge in [-0.25, -0.2) is 0 Å². The first-order chi connectivity index (χ1) is 28.0. The van der Waals surface area contributed by atoms with Gasteiger partial charge in [0.05, 0.1) is 11.4 Å². The summed E-state index contributed by atoms with van der Waals surface area (Å²) in [4.78, 5) is 7.31. The van der Waals surface area contributed by atoms with Gasteiger partial charge in [0.2, 0.25) is 0 Å². The molecular weight excluding hydrogens is 693 g/mol. The largest absolute Gasteiger partial charge is 0.456 e. The molecule has 10 aromatic rings. The quantitative estimate of drug-likeness (QED) is 0.171. The molecule has 0 bridgehead atoms. The number of nitrogens with zero attached hydrogens (tertiary/aromatic N) is 2. The molecule has 2 aromatic heterocycles. The fourth-order valence-electron chi connectivity index (χ4n) is 9.11. The first kappa shape index (κ1) is 33.1. The van der Waals surface area contributed by atoms with Crippen LogP contribution in [0.2, 0.25) is 0 Å². The molecule has 0 N–H and O–H groups in total. The predicted octanol–water partition coefficient (Wildman–Crippen LogP) is 14.9. The molecule has 270 valence electrons. The lowest BCUT2D eigenvalue weighted by Gasteiger charge is -2.29. The van der Waals surface area contributed by atoms with Gasteiger partial charge in [-0.05, 0) is 80.7 Å². The zero-order valence-corrected chi connectivity index (χ0v) is 31.8. The van der Waals surface area contributed by atoms with Crippen LogP contribution in [0.4, 0.5) is 17.1 Å². The zero-order chi connectivity index (χ0) is 38.1. The Morgan fingerprint density at radius 1 is 0.439 bits per heavy atom. The summed E-state index contributed by atoms with van der Waals surface area (Å²) >= 11 is 0. The number of aromatic nitrogens is 1. The van der Waals surface area contributed by atoms with Crippen molar-refractivity contribution < 1.29 is 4.42 Å². The Labute approximate surface area is 332 Å². The van der Waals surface area contributed by atoms with Gasteiger partial charge in [-0.2, -0.15) is 0 Å². The van der Waals surface area contributed by atoms with Crippen LogP contribution in [0.15, 0.2) is 199 Å². The number of anilines is 3. The van der Waals surface area contributed by atoms with E-state index in [9.17, 15) is 0 Å². The molecule has 3 heteroatoms. The van der Waals surface area contributed by atoms with Crippen LogP contribution >= 0.6 is 0 Å². The van der Waals surface area contributed by atoms with Gasteiger partial charge in [0.1, 0.15) is 11.2 Å². The second-order valence-corrected chi connectivity index (χ2v) is 15.5. The molecule has 1 aliphatic rings. The van der Waals surface area contributed by atoms with Crippen molar-refractivity contribution in [2.24, 2.45) is 0 Å². The molecule has 8 aromatic carbocycles. The fraction of sp³-hybridized carbons (Fsp3) is 0.0556. The second kappa shape index (κ2) is 12.9. The maximum Gasteiger partial charge on any atom is 0.138 e. The maximum absolute atomic E-state index is 6.86. The van der Waals surface area contributed by atoms with E-state index in [2.05, 4.69) is 189 Å². The van der Waals surface area contributed by atoms with Crippen molar-refractivity contribution in [3.63, 3.8) is 0 Å². The molecule has 1 aliphatic carbocycles. The summed E-state index contributed by atoms with van der Waals surface area (Å²) in [5, 5.41) is 4.50. The Morgan fingerprint density at radius 2 is 1.07 bits per heavy atom. The summed E-state index contributed by atoms with van der Waals surface area (Å²) in [7, 11) is 0. The van der Waals surface area contributed by atoms with Crippen LogP contribution in [0.25, 0.3) is 77.3 Å². The highest BCUT2D eigenvalue weighted by Gasteiger charge is 2.36. The van der Waals surface area contributed by atoms with Gasteiger partial charge in [-0.15, -0.1) is 0 Å². The lowest BCUT2D eigenvalue weighted by atomic mass is 9.82. The average Bonchev–Trinajstić information content (AvgIpc) is 3.76. The molecular formula is C54H38N2O. The molecule has 0 fully saturated rings. The van der Waals surface area contributed by atoms with E-state index in [0.717, 1.165) is 72.2 Å². The Morgan fingerprint density at radius 3 is 1.84 bits per heavy atom. The van der Waals surface area contributed by atoms with E-state index in [0.29, 0.717) is 0 Å². The van der Waals surface area contributed by atoms with Gasteiger partial charge < -0.3 is 9.32 Å². The molecule has 0 atom stereocenters. The van der Waals surface area contributed by atoms with Crippen molar-refractivity contribution in [1.29, 1.82) is 0 Å². The second-order valence-electron chi connectivity index (χ2n) is 15.5. The van der Waals surface area contributed by atoms with E-state index >= 15 is 0 Å². The zero-order valence-electron chi connectivity index (χ0n) is 31.8. The van der Waals surface area contributed by atoms with Gasteiger partial charge in [0.25, 0.3) is 0 Å². The third-order valence-electron chi connectivity index (χ3n) is 11.9. The number of hydrogen-bond acceptors (Lipinski definition) is 3. The third kappa shape index (κ3) is 5.31. The van der Waals surface area contributed by atoms with Gasteiger partial charge in [0.15, 0.2) is 0 Å². The minimum Gasteiger partial charge on any atom is -0.456 e. The molecule has 11 rings (SSSR count). The molecule has 3 nitrogen and oxygen atoms in total. The monoisotopic (exact) mass is 730 g/mol. The van der Waals surface area contributed by atoms with Crippen LogP contribution in [0, 0.1) is 0 Å². The van der Waals surface area contributed by atoms with Crippen LogP contribution < -0.4 is 4.90 Å². The van der Waals surface area contributed by atoms with Gasteiger partial charge in [-0.3, -0.25) is 4.98 Å². The standard InChI is InChI=1S/C54H38N2O/c1-54(2)46-22-12-11-18-42(46)43-30-29-40(32-47(43)54)56(39-27-24-36(25-28-39)35-14-5-3-6-15-35)49-33-51-53(45-20-10-9-19-44(45)49)52-41(21-13-23-50(52)57-51)38-26-31-48(55-34-38)37-16-7-4-8-17-37/h3-34H,1-2H3. The van der Waals surface area contributed by atoms with E-state index in [-0.39, 0.29) is 5.41 Å². The first-order valence-corrected chi connectivity index (χ1v) is 19.6. The van der Waals surface area contributed by atoms with Crippen LogP contribution in [0.1, 0.15) is 25.0 Å². The van der Waals surface area contributed by atoms with Gasteiger partial charge >= 0.3 is 0 Å². The molecule has 0 spiro atoms. The Kier molecular flexibility index (Phi) is 7.52. The summed E-state index contributed by atoms with van der Waals surface area (Å²) in [6, 6.07) is 67.4. The Bertz CT molecular complexity index is 3120. The normalized spacial score (nSPS) is 12.9. The Hall–Kier alpha value is -7.23. The van der Waals surface area contributed by atoms with E-state index in [1.807, 2.05) is 24.4 Å². The number of benzene rings is 8. The fourth-order valence-corrected chi connectivity index (χ4v) is 9.11. The predicted molar refractivity (Wildman–Crippen MR) is 238 cm³/mol. The molecule has 0 saturated heterocycles. The first-order valence-electron chi connectivity index (χ1n) is 19.6. The summed E-state index contributed by atoms with van der Waals surface area (Å²) in [5.41, 5.74) is 16.7. The SMILES string of the molecule is CC1(C)c2ccccc2-c2ccc(N(c3ccc(-c4ccccc4)cc3)c3cc4oc5cccc(-c6ccc(-c7ccccc7)nc6)c5c4c4ccccc34)cc21. The van der Waals surface area contributed by atoms with Gasteiger partial charge in [0, 0.05) is 56.3 Å². The highest BCUT2D eigenvalue weighted by molar-refractivity contribution is 6.25. The molecule has 0 amide bonds. The lowest BCUT2D eigenvalue weighted by Crippen LogP contribution is -2.16. The summed E-state index contributed by atoms with van der Waals surface area (Å²) in [6.45, 7) is 4.69. The van der Waals surface area contributed by atoms with Crippen LogP contribution in [0.5, 0.6) is 0 Å². The number of rotatable bonds is 6. The van der Waals surface area contributed by atoms with Gasteiger partial charge in [-0.1, -0.05) is 159 Å². The minimum absolute atomic E-state index is 0.139. The summed E-state index contributed by atoms with van der Waals surface area (Å²) < 4.78 is 6.86. The van der Waals surface area contributed by atoms with E-state index in [1.54, 1.807) is 0 Å². The number of hydrogen-bond donors (Lipinski definition) is 0. The highest BCUT2D eigenvalue weighted by atomic mass is 16.3. The molecule has 57 heavy (non-hydrogen) atoms. The number of pyridine rings is 1. The highest BCUT2D eigenvalue weighted by Crippen LogP contribution is 2.52. The molecule has 0 saturated carbocycles. The van der Waals surface area contributed by atoms with Crippen molar-refractivity contribution in [2.75, 3.05) is 4.90 Å². The third-order valence-corrected chi connectivity index (χ3v) is 11.9. The number of fused-ring (bicyclic) bond motifs is 8. The number of furan rings is 1. The average molecular weight is 731 g/mol. The van der Waals surface area contributed by atoms with Crippen molar-refractivity contribution in [3.8, 4) is 44.6 Å². The molecule has 0 unspecified atom stereocenters. The topological polar surface area (TPSA) is 29.3 Å².